The summed E-state index contributed by atoms with van der Waals surface area (Å²) in [6.45, 7) is 1.65. The van der Waals surface area contributed by atoms with Gasteiger partial charge in [0.15, 0.2) is 5.69 Å². The van der Waals surface area contributed by atoms with Gasteiger partial charge in [-0.3, -0.25) is 9.59 Å². The van der Waals surface area contributed by atoms with Crippen molar-refractivity contribution in [2.45, 2.75) is 17.6 Å². The zero-order valence-electron chi connectivity index (χ0n) is 15.3. The van der Waals surface area contributed by atoms with Gasteiger partial charge in [-0.2, -0.15) is 13.9 Å². The molecule has 0 radical (unpaired) electrons. The van der Waals surface area contributed by atoms with E-state index in [-0.39, 0.29) is 5.69 Å². The molecule has 0 aliphatic rings. The highest BCUT2D eigenvalue weighted by atomic mass is 35.5. The second kappa shape index (κ2) is 8.33. The lowest BCUT2D eigenvalue weighted by Crippen LogP contribution is -2.26. The summed E-state index contributed by atoms with van der Waals surface area (Å²) in [7, 11) is -4.75. The van der Waals surface area contributed by atoms with Crippen molar-refractivity contribution in [3.63, 3.8) is 0 Å². The Balaban J connectivity index is 1.89. The maximum absolute atomic E-state index is 12.6. The lowest BCUT2D eigenvalue weighted by molar-refractivity contribution is 0.101. The van der Waals surface area contributed by atoms with Crippen molar-refractivity contribution in [3.05, 3.63) is 81.2 Å². The third-order valence-corrected chi connectivity index (χ3v) is 5.72. The molecule has 0 atom stereocenters. The summed E-state index contributed by atoms with van der Waals surface area (Å²) in [6.07, 6.45) is 0. The minimum atomic E-state index is -4.75. The van der Waals surface area contributed by atoms with Gasteiger partial charge in [-0.1, -0.05) is 11.6 Å². The smallest absolute Gasteiger partial charge is 0.320 e. The fourth-order valence-electron chi connectivity index (χ4n) is 2.57. The van der Waals surface area contributed by atoms with E-state index in [2.05, 4.69) is 10.4 Å². The first-order chi connectivity index (χ1) is 14.1. The van der Waals surface area contributed by atoms with E-state index < -0.39 is 37.5 Å². The highest BCUT2D eigenvalue weighted by Gasteiger charge is 2.26. The molecule has 0 unspecified atom stereocenters. The van der Waals surface area contributed by atoms with Gasteiger partial charge in [-0.25, -0.2) is 13.1 Å². The molecule has 0 saturated carbocycles. The number of anilines is 1. The molecule has 2 aromatic carbocycles. The molecule has 0 spiro atoms. The van der Waals surface area contributed by atoms with Crippen molar-refractivity contribution in [2.75, 3.05) is 5.32 Å². The maximum Gasteiger partial charge on any atom is 0.341 e. The van der Waals surface area contributed by atoms with Gasteiger partial charge >= 0.3 is 5.76 Å². The van der Waals surface area contributed by atoms with Gasteiger partial charge in [0.25, 0.3) is 5.91 Å². The van der Waals surface area contributed by atoms with Gasteiger partial charge in [-0.15, -0.1) is 0 Å². The van der Waals surface area contributed by atoms with Crippen LogP contribution in [0.5, 0.6) is 0 Å². The minimum Gasteiger partial charge on any atom is -0.320 e. The zero-order chi connectivity index (χ0) is 22.1. The van der Waals surface area contributed by atoms with E-state index in [1.165, 1.54) is 10.7 Å². The molecule has 0 aliphatic heterocycles. The van der Waals surface area contributed by atoms with Crippen LogP contribution >= 0.6 is 11.6 Å². The molecule has 1 N–H and O–H groups in total. The number of aromatic nitrogens is 2. The van der Waals surface area contributed by atoms with E-state index in [0.717, 1.165) is 24.3 Å². The molecular weight excluding hydrogens is 440 g/mol. The van der Waals surface area contributed by atoms with Crippen LogP contribution in [0.25, 0.3) is 5.69 Å². The van der Waals surface area contributed by atoms with Crippen molar-refractivity contribution in [1.82, 2.24) is 9.78 Å². The first-order valence-electron chi connectivity index (χ1n) is 8.40. The fraction of sp³-hybridized carbons (Fsp3) is 0.105. The Morgan fingerprint density at radius 3 is 2.27 bits per heavy atom. The molecule has 3 aromatic rings. The Labute approximate surface area is 174 Å². The highest BCUT2D eigenvalue weighted by molar-refractivity contribution is 7.91. The van der Waals surface area contributed by atoms with Crippen LogP contribution < -0.4 is 10.7 Å². The molecule has 0 bridgehead atoms. The van der Waals surface area contributed by atoms with Gasteiger partial charge < -0.3 is 5.32 Å². The largest absolute Gasteiger partial charge is 0.341 e. The number of sulfone groups is 1. The zero-order valence-corrected chi connectivity index (χ0v) is 16.9. The molecule has 30 heavy (non-hydrogen) atoms. The lowest BCUT2D eigenvalue weighted by Gasteiger charge is -2.12. The van der Waals surface area contributed by atoms with Crippen LogP contribution in [-0.4, -0.2) is 29.9 Å². The number of alkyl halides is 2. The van der Waals surface area contributed by atoms with E-state index in [1.54, 1.807) is 31.2 Å². The van der Waals surface area contributed by atoms with Crippen molar-refractivity contribution in [2.24, 2.45) is 0 Å². The number of aryl methyl sites for hydroxylation is 1. The van der Waals surface area contributed by atoms with Crippen LogP contribution in [0, 0.1) is 6.92 Å². The Morgan fingerprint density at radius 1 is 1.10 bits per heavy atom. The summed E-state index contributed by atoms with van der Waals surface area (Å²) in [5.41, 5.74) is 0.146. The molecule has 0 aliphatic carbocycles. The van der Waals surface area contributed by atoms with Gasteiger partial charge in [-0.05, 0) is 55.5 Å². The predicted octanol–water partition coefficient (Wildman–Crippen LogP) is 3.44. The Hall–Kier alpha value is -3.11. The van der Waals surface area contributed by atoms with Crippen molar-refractivity contribution in [3.8, 4) is 5.69 Å². The third kappa shape index (κ3) is 4.39. The lowest BCUT2D eigenvalue weighted by atomic mass is 10.2. The summed E-state index contributed by atoms with van der Waals surface area (Å²) < 4.78 is 49.5. The SMILES string of the molecule is Cc1cc(=O)c(C(=O)Nc2ccc(S(=O)(=O)C(F)F)cc2)nn1-c1ccc(Cl)cc1. The summed E-state index contributed by atoms with van der Waals surface area (Å²) >= 11 is 5.87. The number of nitrogens with one attached hydrogen (secondary N) is 1. The number of halogens is 3. The van der Waals surface area contributed by atoms with E-state index in [9.17, 15) is 26.8 Å². The summed E-state index contributed by atoms with van der Waals surface area (Å²) in [5.74, 6) is -4.40. The highest BCUT2D eigenvalue weighted by Crippen LogP contribution is 2.20. The number of amides is 1. The van der Waals surface area contributed by atoms with Crippen LogP contribution in [0.2, 0.25) is 5.02 Å². The molecule has 0 fully saturated rings. The molecule has 1 aromatic heterocycles. The summed E-state index contributed by atoms with van der Waals surface area (Å²) in [5, 5.41) is 7.00. The monoisotopic (exact) mass is 453 g/mol. The van der Waals surface area contributed by atoms with Crippen LogP contribution in [0.15, 0.2) is 64.3 Å². The number of benzene rings is 2. The van der Waals surface area contributed by atoms with Gasteiger partial charge in [0.2, 0.25) is 15.3 Å². The quantitative estimate of drug-likeness (QED) is 0.638. The second-order valence-electron chi connectivity index (χ2n) is 6.17. The maximum atomic E-state index is 12.6. The van der Waals surface area contributed by atoms with E-state index in [0.29, 0.717) is 16.4 Å². The van der Waals surface area contributed by atoms with Crippen LogP contribution in [0.1, 0.15) is 16.2 Å². The Bertz CT molecular complexity index is 1260. The average molecular weight is 454 g/mol. The molecule has 156 valence electrons. The molecule has 1 heterocycles. The average Bonchev–Trinajstić information content (AvgIpc) is 2.69. The molecule has 1 amide bonds. The molecule has 7 nitrogen and oxygen atoms in total. The first kappa shape index (κ1) is 21.6. The molecule has 11 heteroatoms. The normalized spacial score (nSPS) is 11.5. The minimum absolute atomic E-state index is 0.105. The standard InChI is InChI=1S/C19H14ClF2N3O4S/c1-11-10-16(26)17(24-25(11)14-6-2-12(20)3-7-14)18(27)23-13-4-8-15(9-5-13)30(28,29)19(21)22/h2-10,19H,1H3,(H,23,27). The van der Waals surface area contributed by atoms with E-state index >= 15 is 0 Å². The number of hydrogen-bond acceptors (Lipinski definition) is 5. The fourth-order valence-corrected chi connectivity index (χ4v) is 3.42. The third-order valence-electron chi connectivity index (χ3n) is 4.07. The summed E-state index contributed by atoms with van der Waals surface area (Å²) in [6, 6.07) is 12.0. The van der Waals surface area contributed by atoms with E-state index in [1.807, 2.05) is 0 Å². The van der Waals surface area contributed by atoms with Crippen LogP contribution in [-0.2, 0) is 9.84 Å². The second-order valence-corrected chi connectivity index (χ2v) is 8.53. The number of carbonyl (C=O) groups excluding carboxylic acids is 1. The van der Waals surface area contributed by atoms with Gasteiger partial charge in [0.1, 0.15) is 0 Å². The Kier molecular flexibility index (Phi) is 5.99. The molecule has 0 saturated heterocycles. The number of carbonyl (C=O) groups is 1. The predicted molar refractivity (Wildman–Crippen MR) is 107 cm³/mol. The first-order valence-corrected chi connectivity index (χ1v) is 10.3. The number of rotatable bonds is 5. The Morgan fingerprint density at radius 2 is 1.70 bits per heavy atom. The number of nitrogens with zero attached hydrogens (tertiary/aromatic N) is 2. The van der Waals surface area contributed by atoms with Crippen LogP contribution in [0.4, 0.5) is 14.5 Å². The molecule has 3 rings (SSSR count). The van der Waals surface area contributed by atoms with Crippen molar-refractivity contribution in [1.29, 1.82) is 0 Å². The van der Waals surface area contributed by atoms with E-state index in [4.69, 9.17) is 11.6 Å². The van der Waals surface area contributed by atoms with Crippen LogP contribution in [0.3, 0.4) is 0 Å². The number of hydrogen-bond donors (Lipinski definition) is 1. The van der Waals surface area contributed by atoms with Gasteiger partial charge in [0.05, 0.1) is 10.6 Å². The van der Waals surface area contributed by atoms with Crippen molar-refractivity contribution >= 4 is 33.0 Å². The van der Waals surface area contributed by atoms with Gasteiger partial charge in [0, 0.05) is 22.5 Å². The summed E-state index contributed by atoms with van der Waals surface area (Å²) in [4.78, 5) is 24.2. The van der Waals surface area contributed by atoms with Crippen molar-refractivity contribution < 1.29 is 22.0 Å². The molecular formula is C19H14ClF2N3O4S. The topological polar surface area (TPSA) is 98.1 Å².